The van der Waals surface area contributed by atoms with Crippen LogP contribution in [-0.2, 0) is 11.2 Å². The molecule has 22 heavy (non-hydrogen) atoms. The van der Waals surface area contributed by atoms with E-state index >= 15 is 0 Å². The lowest BCUT2D eigenvalue weighted by Crippen LogP contribution is -2.43. The number of piperidine rings is 1. The van der Waals surface area contributed by atoms with Gasteiger partial charge in [-0.15, -0.1) is 0 Å². The van der Waals surface area contributed by atoms with Crippen molar-refractivity contribution in [1.29, 1.82) is 0 Å². The van der Waals surface area contributed by atoms with E-state index in [0.29, 0.717) is 25.1 Å². The number of hydrogen-bond acceptors (Lipinski definition) is 5. The number of rotatable bonds is 3. The number of phenolic OH excluding ortho intramolecular Hbond substituents is 1. The summed E-state index contributed by atoms with van der Waals surface area (Å²) >= 11 is 0. The van der Waals surface area contributed by atoms with Crippen molar-refractivity contribution in [1.82, 2.24) is 14.9 Å². The third-order valence-corrected chi connectivity index (χ3v) is 4.39. The number of nitrogens with zero attached hydrogens (tertiary/aromatic N) is 3. The number of fused-ring (bicyclic) bond motifs is 1. The molecule has 2 aromatic rings. The Morgan fingerprint density at radius 3 is 3.05 bits per heavy atom. The summed E-state index contributed by atoms with van der Waals surface area (Å²) < 4.78 is 0. The largest absolute Gasteiger partial charge is 0.508 e. The van der Waals surface area contributed by atoms with Gasteiger partial charge in [0, 0.05) is 24.0 Å². The van der Waals surface area contributed by atoms with Gasteiger partial charge in [-0.2, -0.15) is 0 Å². The maximum Gasteiger partial charge on any atom is 0.306 e. The number of carboxylic acid groups (broad SMARTS) is 1. The molecule has 1 aliphatic rings. The van der Waals surface area contributed by atoms with Crippen molar-refractivity contribution in [3.63, 3.8) is 0 Å². The maximum atomic E-state index is 11.2. The molecule has 1 saturated heterocycles. The van der Waals surface area contributed by atoms with E-state index in [0.717, 1.165) is 17.4 Å². The number of aromatic nitrogens is 2. The molecule has 6 nitrogen and oxygen atoms in total. The van der Waals surface area contributed by atoms with E-state index in [2.05, 4.69) is 14.9 Å². The number of aliphatic carboxylic acids is 1. The minimum atomic E-state index is -0.715. The van der Waals surface area contributed by atoms with E-state index in [1.807, 2.05) is 7.05 Å². The highest BCUT2D eigenvalue weighted by molar-refractivity contribution is 5.79. The summed E-state index contributed by atoms with van der Waals surface area (Å²) in [5.74, 6) is -0.0900. The Hall–Kier alpha value is -2.21. The Bertz CT molecular complexity index is 704. The van der Waals surface area contributed by atoms with Crippen molar-refractivity contribution in [2.24, 2.45) is 5.92 Å². The van der Waals surface area contributed by atoms with Crippen LogP contribution in [0.4, 0.5) is 0 Å². The first-order chi connectivity index (χ1) is 10.5. The molecule has 1 fully saturated rings. The van der Waals surface area contributed by atoms with Crippen molar-refractivity contribution in [2.75, 3.05) is 13.6 Å². The predicted molar refractivity (Wildman–Crippen MR) is 81.7 cm³/mol. The monoisotopic (exact) mass is 301 g/mol. The van der Waals surface area contributed by atoms with E-state index in [1.165, 1.54) is 0 Å². The molecular formula is C16H19N3O3. The molecule has 0 saturated carbocycles. The number of benzene rings is 1. The molecule has 0 bridgehead atoms. The quantitative estimate of drug-likeness (QED) is 0.897. The Kier molecular flexibility index (Phi) is 3.94. The van der Waals surface area contributed by atoms with Gasteiger partial charge in [0.2, 0.25) is 0 Å². The average Bonchev–Trinajstić information content (AvgIpc) is 2.49. The molecule has 6 heteroatoms. The average molecular weight is 301 g/mol. The number of carboxylic acids is 1. The smallest absolute Gasteiger partial charge is 0.306 e. The topological polar surface area (TPSA) is 86.6 Å². The zero-order valence-corrected chi connectivity index (χ0v) is 12.4. The summed E-state index contributed by atoms with van der Waals surface area (Å²) in [5.41, 5.74) is 0.788. The lowest BCUT2D eigenvalue weighted by molar-refractivity contribution is -0.144. The first kappa shape index (κ1) is 14.7. The molecule has 0 aliphatic carbocycles. The lowest BCUT2D eigenvalue weighted by atomic mass is 9.89. The van der Waals surface area contributed by atoms with Gasteiger partial charge in [0.05, 0.1) is 11.4 Å². The Morgan fingerprint density at radius 2 is 2.27 bits per heavy atom. The second-order valence-corrected chi connectivity index (χ2v) is 5.93. The number of hydrogen-bond donors (Lipinski definition) is 2. The van der Waals surface area contributed by atoms with Gasteiger partial charge in [-0.3, -0.25) is 4.79 Å². The van der Waals surface area contributed by atoms with Crippen molar-refractivity contribution in [3.8, 4) is 5.75 Å². The van der Waals surface area contributed by atoms with Gasteiger partial charge in [0.1, 0.15) is 11.6 Å². The van der Waals surface area contributed by atoms with Crippen LogP contribution < -0.4 is 0 Å². The van der Waals surface area contributed by atoms with Crippen LogP contribution in [0.1, 0.15) is 18.7 Å². The highest BCUT2D eigenvalue weighted by Gasteiger charge is 2.30. The zero-order valence-electron chi connectivity index (χ0n) is 12.4. The van der Waals surface area contributed by atoms with Crippen molar-refractivity contribution in [3.05, 3.63) is 30.2 Å². The standard InChI is InChI=1S/C16H19N3O3/c1-19-5-4-10(16(21)22)6-12(19)8-15-17-9-11-7-13(20)2-3-14(11)18-15/h2-3,7,9-10,12,20H,4-6,8H2,1H3,(H,21,22). The predicted octanol–water partition coefficient (Wildman–Crippen LogP) is 1.67. The Morgan fingerprint density at radius 1 is 1.45 bits per heavy atom. The van der Waals surface area contributed by atoms with Crippen molar-refractivity contribution < 1.29 is 15.0 Å². The molecule has 1 aromatic carbocycles. The molecule has 0 amide bonds. The Labute approximate surface area is 128 Å². The normalized spacial score (nSPS) is 22.8. The van der Waals surface area contributed by atoms with E-state index in [-0.39, 0.29) is 17.7 Å². The summed E-state index contributed by atoms with van der Waals surface area (Å²) in [5, 5.41) is 19.5. The fourth-order valence-corrected chi connectivity index (χ4v) is 3.00. The molecule has 116 valence electrons. The molecule has 2 unspecified atom stereocenters. The van der Waals surface area contributed by atoms with Crippen LogP contribution in [0.25, 0.3) is 10.9 Å². The number of aromatic hydroxyl groups is 1. The van der Waals surface area contributed by atoms with Crippen LogP contribution in [0.3, 0.4) is 0 Å². The third-order valence-electron chi connectivity index (χ3n) is 4.39. The highest BCUT2D eigenvalue weighted by atomic mass is 16.4. The van der Waals surface area contributed by atoms with E-state index in [1.54, 1.807) is 24.4 Å². The molecule has 2 atom stereocenters. The number of phenols is 1. The van der Waals surface area contributed by atoms with E-state index in [9.17, 15) is 15.0 Å². The third kappa shape index (κ3) is 3.01. The van der Waals surface area contributed by atoms with Gasteiger partial charge >= 0.3 is 5.97 Å². The second-order valence-electron chi connectivity index (χ2n) is 5.93. The van der Waals surface area contributed by atoms with Gasteiger partial charge in [0.25, 0.3) is 0 Å². The molecule has 2 heterocycles. The molecule has 0 radical (unpaired) electrons. The molecular weight excluding hydrogens is 282 g/mol. The van der Waals surface area contributed by atoms with Gasteiger partial charge in [-0.1, -0.05) is 0 Å². The summed E-state index contributed by atoms with van der Waals surface area (Å²) in [7, 11) is 2.02. The second kappa shape index (κ2) is 5.88. The lowest BCUT2D eigenvalue weighted by Gasteiger charge is -2.35. The number of likely N-dealkylation sites (N-methyl/N-ethyl adjacent to an activating group) is 1. The summed E-state index contributed by atoms with van der Waals surface area (Å²) in [6.45, 7) is 0.781. The molecule has 1 aromatic heterocycles. The van der Waals surface area contributed by atoms with Crippen LogP contribution in [0.5, 0.6) is 5.75 Å². The van der Waals surface area contributed by atoms with Crippen molar-refractivity contribution >= 4 is 16.9 Å². The molecule has 0 spiro atoms. The van der Waals surface area contributed by atoms with Crippen LogP contribution >= 0.6 is 0 Å². The van der Waals surface area contributed by atoms with E-state index in [4.69, 9.17) is 0 Å². The minimum Gasteiger partial charge on any atom is -0.508 e. The van der Waals surface area contributed by atoms with Crippen LogP contribution in [0.15, 0.2) is 24.4 Å². The molecule has 1 aliphatic heterocycles. The van der Waals surface area contributed by atoms with Gasteiger partial charge in [-0.25, -0.2) is 9.97 Å². The van der Waals surface area contributed by atoms with Gasteiger partial charge in [0.15, 0.2) is 0 Å². The van der Waals surface area contributed by atoms with Crippen molar-refractivity contribution in [2.45, 2.75) is 25.3 Å². The SMILES string of the molecule is CN1CCC(C(=O)O)CC1Cc1ncc2cc(O)ccc2n1. The first-order valence-electron chi connectivity index (χ1n) is 7.40. The van der Waals surface area contributed by atoms with Crippen LogP contribution in [-0.4, -0.2) is 50.7 Å². The highest BCUT2D eigenvalue weighted by Crippen LogP contribution is 2.24. The first-order valence-corrected chi connectivity index (χ1v) is 7.40. The fraction of sp³-hybridized carbons (Fsp3) is 0.438. The van der Waals surface area contributed by atoms with Crippen LogP contribution in [0.2, 0.25) is 0 Å². The van der Waals surface area contributed by atoms with Gasteiger partial charge in [-0.05, 0) is 44.6 Å². The maximum absolute atomic E-state index is 11.2. The summed E-state index contributed by atoms with van der Waals surface area (Å²) in [4.78, 5) is 22.2. The zero-order chi connectivity index (χ0) is 15.7. The minimum absolute atomic E-state index is 0.143. The van der Waals surface area contributed by atoms with Crippen LogP contribution in [0, 0.1) is 5.92 Å². The number of likely N-dealkylation sites (tertiary alicyclic amines) is 1. The van der Waals surface area contributed by atoms with Gasteiger partial charge < -0.3 is 15.1 Å². The molecule has 3 rings (SSSR count). The summed E-state index contributed by atoms with van der Waals surface area (Å²) in [6, 6.07) is 5.14. The fourth-order valence-electron chi connectivity index (χ4n) is 3.00. The molecule has 2 N–H and O–H groups in total. The van der Waals surface area contributed by atoms with E-state index < -0.39 is 5.97 Å². The summed E-state index contributed by atoms with van der Waals surface area (Å²) in [6.07, 6.45) is 3.66. The Balaban J connectivity index is 1.79. The number of carbonyl (C=O) groups is 1.